The molecule has 1 aromatic rings. The normalized spacial score (nSPS) is 23.6. The van der Waals surface area contributed by atoms with E-state index in [1.807, 2.05) is 6.92 Å². The predicted octanol–water partition coefficient (Wildman–Crippen LogP) is 1.99. The van der Waals surface area contributed by atoms with E-state index in [4.69, 9.17) is 10.2 Å². The number of rotatable bonds is 6. The summed E-state index contributed by atoms with van der Waals surface area (Å²) in [5.41, 5.74) is 5.03. The van der Waals surface area contributed by atoms with Crippen molar-refractivity contribution in [3.05, 3.63) is 23.7 Å². The maximum Gasteiger partial charge on any atom is 0.284 e. The number of carbonyl (C=O) groups excluding carboxylic acids is 1. The third kappa shape index (κ3) is 6.18. The minimum Gasteiger partial charge on any atom is -0.454 e. The Balaban J connectivity index is 0.00000312. The van der Waals surface area contributed by atoms with Gasteiger partial charge in [0.1, 0.15) is 12.3 Å². The quantitative estimate of drug-likeness (QED) is 0.292. The highest BCUT2D eigenvalue weighted by Crippen LogP contribution is 2.35. The first-order chi connectivity index (χ1) is 11.4. The summed E-state index contributed by atoms with van der Waals surface area (Å²) in [5, 5.41) is 16.8. The molecule has 1 aromatic heterocycles. The zero-order valence-electron chi connectivity index (χ0n) is 14.9. The summed E-state index contributed by atoms with van der Waals surface area (Å²) in [6.07, 6.45) is 3.80. The number of amides is 1. The Morgan fingerprint density at radius 3 is 2.80 bits per heavy atom. The van der Waals surface area contributed by atoms with E-state index < -0.39 is 5.91 Å². The Hall–Kier alpha value is -1.29. The highest BCUT2D eigenvalue weighted by molar-refractivity contribution is 14.0. The lowest BCUT2D eigenvalue weighted by atomic mass is 9.73. The van der Waals surface area contributed by atoms with Gasteiger partial charge in [-0.1, -0.05) is 19.8 Å². The number of furan rings is 1. The lowest BCUT2D eigenvalue weighted by Gasteiger charge is -2.38. The number of aliphatic imine (C=N–C) groups is 1. The molecule has 0 spiro atoms. The number of carbonyl (C=O) groups is 1. The first-order valence-corrected chi connectivity index (χ1v) is 8.53. The molecule has 1 amide bonds. The maximum atomic E-state index is 11.0. The molecule has 7 nitrogen and oxygen atoms in total. The van der Waals surface area contributed by atoms with Gasteiger partial charge in [-0.25, -0.2) is 4.99 Å². The van der Waals surface area contributed by atoms with Crippen LogP contribution in [0.5, 0.6) is 0 Å². The molecular formula is C17H29IN4O3. The van der Waals surface area contributed by atoms with Crippen molar-refractivity contribution < 1.29 is 14.3 Å². The van der Waals surface area contributed by atoms with Crippen molar-refractivity contribution >= 4 is 35.8 Å². The molecule has 0 saturated heterocycles. The zero-order valence-corrected chi connectivity index (χ0v) is 17.2. The molecule has 1 aliphatic rings. The van der Waals surface area contributed by atoms with Crippen LogP contribution in [0, 0.1) is 5.41 Å². The Kier molecular flexibility index (Phi) is 8.70. The fraction of sp³-hybridized carbons (Fsp3) is 0.647. The monoisotopic (exact) mass is 464 g/mol. The highest BCUT2D eigenvalue weighted by Gasteiger charge is 2.35. The van der Waals surface area contributed by atoms with E-state index in [0.717, 1.165) is 32.2 Å². The molecule has 0 aliphatic heterocycles. The van der Waals surface area contributed by atoms with Crippen molar-refractivity contribution in [2.45, 2.75) is 52.2 Å². The molecule has 1 heterocycles. The number of nitrogens with two attached hydrogens (primary N) is 1. The maximum absolute atomic E-state index is 11.0. The smallest absolute Gasteiger partial charge is 0.284 e. The van der Waals surface area contributed by atoms with Crippen molar-refractivity contribution in [1.82, 2.24) is 10.6 Å². The first kappa shape index (κ1) is 21.8. The summed E-state index contributed by atoms with van der Waals surface area (Å²) in [6, 6.07) is 3.24. The second-order valence-corrected chi connectivity index (χ2v) is 6.59. The molecule has 25 heavy (non-hydrogen) atoms. The van der Waals surface area contributed by atoms with Crippen LogP contribution >= 0.6 is 24.0 Å². The highest BCUT2D eigenvalue weighted by atomic mass is 127. The average Bonchev–Trinajstić information content (AvgIpc) is 3.02. The van der Waals surface area contributed by atoms with Gasteiger partial charge in [0.25, 0.3) is 5.91 Å². The van der Waals surface area contributed by atoms with Gasteiger partial charge in [-0.2, -0.15) is 0 Å². The minimum atomic E-state index is -0.588. The minimum absolute atomic E-state index is 0. The largest absolute Gasteiger partial charge is 0.454 e. The molecule has 0 radical (unpaired) electrons. The number of halogens is 1. The number of hydrogen-bond acceptors (Lipinski definition) is 4. The fourth-order valence-corrected chi connectivity index (χ4v) is 2.97. The van der Waals surface area contributed by atoms with Gasteiger partial charge in [-0.05, 0) is 31.9 Å². The predicted molar refractivity (Wildman–Crippen MR) is 108 cm³/mol. The van der Waals surface area contributed by atoms with Gasteiger partial charge >= 0.3 is 0 Å². The molecule has 0 aromatic carbocycles. The summed E-state index contributed by atoms with van der Waals surface area (Å²) in [5.74, 6) is 0.781. The van der Waals surface area contributed by atoms with E-state index >= 15 is 0 Å². The summed E-state index contributed by atoms with van der Waals surface area (Å²) < 4.78 is 5.33. The number of nitrogens with zero attached hydrogens (tertiary/aromatic N) is 1. The molecule has 142 valence electrons. The van der Waals surface area contributed by atoms with Gasteiger partial charge in [0.05, 0.1) is 6.10 Å². The molecule has 1 saturated carbocycles. The third-order valence-corrected chi connectivity index (χ3v) is 4.58. The van der Waals surface area contributed by atoms with Crippen molar-refractivity contribution in [3.8, 4) is 0 Å². The van der Waals surface area contributed by atoms with Gasteiger partial charge in [0.2, 0.25) is 0 Å². The Morgan fingerprint density at radius 2 is 2.20 bits per heavy atom. The van der Waals surface area contributed by atoms with Gasteiger partial charge in [0.15, 0.2) is 11.7 Å². The molecule has 2 atom stereocenters. The molecule has 1 fully saturated rings. The second kappa shape index (κ2) is 10.0. The van der Waals surface area contributed by atoms with Crippen LogP contribution in [-0.4, -0.2) is 36.2 Å². The van der Waals surface area contributed by atoms with Crippen molar-refractivity contribution in [2.75, 3.05) is 13.1 Å². The van der Waals surface area contributed by atoms with Crippen molar-refractivity contribution in [3.63, 3.8) is 0 Å². The summed E-state index contributed by atoms with van der Waals surface area (Å²) in [6.45, 7) is 5.80. The third-order valence-electron chi connectivity index (χ3n) is 4.58. The van der Waals surface area contributed by atoms with Crippen LogP contribution in [0.2, 0.25) is 0 Å². The van der Waals surface area contributed by atoms with E-state index in [9.17, 15) is 9.90 Å². The van der Waals surface area contributed by atoms with Crippen LogP contribution in [-0.2, 0) is 6.54 Å². The SMILES string of the molecule is CCNC(=NCc1ccc(C(N)=O)o1)NCC1(C)CCCCC1O.I. The Labute approximate surface area is 165 Å². The molecule has 5 N–H and O–H groups in total. The molecule has 2 unspecified atom stereocenters. The number of primary amides is 1. The number of aliphatic hydroxyl groups excluding tert-OH is 1. The average molecular weight is 464 g/mol. The van der Waals surface area contributed by atoms with Crippen LogP contribution in [0.15, 0.2) is 21.5 Å². The molecule has 8 heteroatoms. The second-order valence-electron chi connectivity index (χ2n) is 6.59. The summed E-state index contributed by atoms with van der Waals surface area (Å²) in [4.78, 5) is 15.5. The van der Waals surface area contributed by atoms with E-state index in [2.05, 4.69) is 22.5 Å². The molecule has 0 bridgehead atoms. The van der Waals surface area contributed by atoms with Crippen LogP contribution in [0.1, 0.15) is 55.8 Å². The Bertz CT molecular complexity index is 590. The van der Waals surface area contributed by atoms with Gasteiger partial charge < -0.3 is 25.9 Å². The lowest BCUT2D eigenvalue weighted by molar-refractivity contribution is 0.00397. The fourth-order valence-electron chi connectivity index (χ4n) is 2.97. The van der Waals surface area contributed by atoms with Crippen LogP contribution in [0.25, 0.3) is 0 Å². The lowest BCUT2D eigenvalue weighted by Crippen LogP contribution is -2.48. The van der Waals surface area contributed by atoms with Crippen molar-refractivity contribution in [2.24, 2.45) is 16.1 Å². The standard InChI is InChI=1S/C17H28N4O3.HI/c1-3-19-16(20-10-12-7-8-13(24-12)15(18)23)21-11-17(2)9-5-4-6-14(17)22;/h7-8,14,22H,3-6,9-11H2,1-2H3,(H2,18,23)(H2,19,20,21);1H. The van der Waals surface area contributed by atoms with Crippen LogP contribution < -0.4 is 16.4 Å². The summed E-state index contributed by atoms with van der Waals surface area (Å²) >= 11 is 0. The van der Waals surface area contributed by atoms with E-state index in [1.165, 1.54) is 0 Å². The van der Waals surface area contributed by atoms with Crippen molar-refractivity contribution in [1.29, 1.82) is 0 Å². The number of nitrogens with one attached hydrogen (secondary N) is 2. The van der Waals surface area contributed by atoms with E-state index in [0.29, 0.717) is 24.8 Å². The molecule has 2 rings (SSSR count). The zero-order chi connectivity index (χ0) is 17.6. The van der Waals surface area contributed by atoms with E-state index in [1.54, 1.807) is 12.1 Å². The van der Waals surface area contributed by atoms with Gasteiger partial charge in [-0.3, -0.25) is 4.79 Å². The first-order valence-electron chi connectivity index (χ1n) is 8.53. The van der Waals surface area contributed by atoms with Crippen LogP contribution in [0.3, 0.4) is 0 Å². The number of hydrogen-bond donors (Lipinski definition) is 4. The molecule has 1 aliphatic carbocycles. The van der Waals surface area contributed by atoms with Crippen LogP contribution in [0.4, 0.5) is 0 Å². The van der Waals surface area contributed by atoms with E-state index in [-0.39, 0.29) is 41.3 Å². The topological polar surface area (TPSA) is 113 Å². The molecular weight excluding hydrogens is 435 g/mol. The number of guanidine groups is 1. The number of aliphatic hydroxyl groups is 1. The Morgan fingerprint density at radius 1 is 1.44 bits per heavy atom. The summed E-state index contributed by atoms with van der Waals surface area (Å²) in [7, 11) is 0. The van der Waals surface area contributed by atoms with Gasteiger partial charge in [0, 0.05) is 18.5 Å². The van der Waals surface area contributed by atoms with Gasteiger partial charge in [-0.15, -0.1) is 24.0 Å².